The largest absolute Gasteiger partial charge is 0.396 e. The van der Waals surface area contributed by atoms with Crippen LogP contribution in [0.4, 0.5) is 0 Å². The first-order valence-corrected chi connectivity index (χ1v) is 8.16. The second-order valence-corrected chi connectivity index (χ2v) is 7.87. The third-order valence-corrected chi connectivity index (χ3v) is 6.51. The normalized spacial score (nSPS) is 27.7. The van der Waals surface area contributed by atoms with E-state index in [9.17, 15) is 8.42 Å². The van der Waals surface area contributed by atoms with Crippen molar-refractivity contribution in [2.75, 3.05) is 26.2 Å². The van der Waals surface area contributed by atoms with E-state index in [4.69, 9.17) is 5.11 Å². The van der Waals surface area contributed by atoms with Gasteiger partial charge in [-0.2, -0.15) is 17.0 Å². The van der Waals surface area contributed by atoms with Crippen LogP contribution in [-0.2, 0) is 10.2 Å². The van der Waals surface area contributed by atoms with Gasteiger partial charge < -0.3 is 5.11 Å². The molecule has 1 N–H and O–H groups in total. The van der Waals surface area contributed by atoms with Gasteiger partial charge in [-0.3, -0.25) is 0 Å². The highest BCUT2D eigenvalue weighted by Gasteiger charge is 2.43. The van der Waals surface area contributed by atoms with Crippen LogP contribution in [0, 0.1) is 5.92 Å². The SMILES string of the molecule is CC1(C)CCCN1S(=O)(=O)N1CCC(CO)CC1. The number of rotatable bonds is 3. The number of piperidine rings is 1. The van der Waals surface area contributed by atoms with Gasteiger partial charge in [-0.1, -0.05) is 0 Å². The highest BCUT2D eigenvalue weighted by atomic mass is 32.2. The molecule has 0 radical (unpaired) electrons. The zero-order valence-corrected chi connectivity index (χ0v) is 12.1. The summed E-state index contributed by atoms with van der Waals surface area (Å²) in [5.74, 6) is 0.267. The Bertz CT molecular complexity index is 386. The summed E-state index contributed by atoms with van der Waals surface area (Å²) in [5.41, 5.74) is -0.257. The smallest absolute Gasteiger partial charge is 0.282 e. The molecule has 0 spiro atoms. The van der Waals surface area contributed by atoms with Crippen LogP contribution >= 0.6 is 0 Å². The minimum absolute atomic E-state index is 0.170. The lowest BCUT2D eigenvalue weighted by atomic mass is 10.00. The van der Waals surface area contributed by atoms with Gasteiger partial charge in [0.05, 0.1) is 0 Å². The van der Waals surface area contributed by atoms with Gasteiger partial charge in [-0.05, 0) is 45.4 Å². The van der Waals surface area contributed by atoms with Crippen molar-refractivity contribution in [3.05, 3.63) is 0 Å². The number of hydrogen-bond donors (Lipinski definition) is 1. The first-order valence-electron chi connectivity index (χ1n) is 6.77. The molecule has 0 amide bonds. The van der Waals surface area contributed by atoms with Crippen molar-refractivity contribution in [2.24, 2.45) is 5.92 Å². The van der Waals surface area contributed by atoms with E-state index >= 15 is 0 Å². The van der Waals surface area contributed by atoms with Crippen LogP contribution in [0.2, 0.25) is 0 Å². The lowest BCUT2D eigenvalue weighted by molar-refractivity contribution is 0.162. The average Bonchev–Trinajstić information content (AvgIpc) is 2.69. The topological polar surface area (TPSA) is 60.9 Å². The standard InChI is InChI=1S/C12H24N2O3S/c1-12(2)6-3-7-14(12)18(16,17)13-8-4-11(10-15)5-9-13/h11,15H,3-10H2,1-2H3. The van der Waals surface area contributed by atoms with E-state index in [2.05, 4.69) is 0 Å². The average molecular weight is 276 g/mol. The predicted octanol–water partition coefficient (Wildman–Crippen LogP) is 0.810. The first-order chi connectivity index (χ1) is 8.38. The fourth-order valence-corrected chi connectivity index (χ4v) is 5.00. The third kappa shape index (κ3) is 2.57. The molecule has 2 aliphatic heterocycles. The van der Waals surface area contributed by atoms with E-state index in [1.807, 2.05) is 13.8 Å². The maximum atomic E-state index is 12.6. The quantitative estimate of drug-likeness (QED) is 0.830. The van der Waals surface area contributed by atoms with Gasteiger partial charge in [0.15, 0.2) is 0 Å². The molecule has 2 heterocycles. The Morgan fingerprint density at radius 2 is 1.83 bits per heavy atom. The number of aliphatic hydroxyl groups is 1. The molecule has 2 rings (SSSR count). The van der Waals surface area contributed by atoms with E-state index in [0.29, 0.717) is 19.6 Å². The van der Waals surface area contributed by atoms with Crippen molar-refractivity contribution in [2.45, 2.75) is 45.1 Å². The van der Waals surface area contributed by atoms with Crippen LogP contribution < -0.4 is 0 Å². The zero-order chi connectivity index (χ0) is 13.4. The minimum atomic E-state index is -3.32. The Hall–Kier alpha value is -0.170. The Balaban J connectivity index is 2.08. The molecule has 2 fully saturated rings. The molecule has 0 aromatic heterocycles. The highest BCUT2D eigenvalue weighted by molar-refractivity contribution is 7.86. The van der Waals surface area contributed by atoms with Crippen LogP contribution in [0.5, 0.6) is 0 Å². The monoisotopic (exact) mass is 276 g/mol. The van der Waals surface area contributed by atoms with Crippen molar-refractivity contribution in [3.8, 4) is 0 Å². The molecule has 0 aromatic carbocycles. The van der Waals surface area contributed by atoms with Gasteiger partial charge >= 0.3 is 0 Å². The molecular formula is C12H24N2O3S. The summed E-state index contributed by atoms with van der Waals surface area (Å²) in [5, 5.41) is 9.10. The maximum Gasteiger partial charge on any atom is 0.282 e. The van der Waals surface area contributed by atoms with E-state index in [-0.39, 0.29) is 18.1 Å². The molecular weight excluding hydrogens is 252 g/mol. The number of aliphatic hydroxyl groups excluding tert-OH is 1. The molecule has 6 heteroatoms. The van der Waals surface area contributed by atoms with Crippen molar-refractivity contribution >= 4 is 10.2 Å². The van der Waals surface area contributed by atoms with E-state index in [0.717, 1.165) is 25.7 Å². The van der Waals surface area contributed by atoms with Gasteiger partial charge in [-0.25, -0.2) is 0 Å². The van der Waals surface area contributed by atoms with Gasteiger partial charge in [0.1, 0.15) is 0 Å². The summed E-state index contributed by atoms with van der Waals surface area (Å²) in [6.45, 7) is 5.88. The van der Waals surface area contributed by atoms with Crippen LogP contribution in [-0.4, -0.2) is 53.9 Å². The summed E-state index contributed by atoms with van der Waals surface area (Å²) in [7, 11) is -3.32. The van der Waals surface area contributed by atoms with Crippen molar-refractivity contribution < 1.29 is 13.5 Å². The van der Waals surface area contributed by atoms with Gasteiger partial charge in [0.25, 0.3) is 10.2 Å². The number of nitrogens with zero attached hydrogens (tertiary/aromatic N) is 2. The molecule has 0 aromatic rings. The van der Waals surface area contributed by atoms with Crippen LogP contribution in [0.15, 0.2) is 0 Å². The molecule has 2 saturated heterocycles. The molecule has 5 nitrogen and oxygen atoms in total. The van der Waals surface area contributed by atoms with Crippen molar-refractivity contribution in [3.63, 3.8) is 0 Å². The van der Waals surface area contributed by atoms with E-state index in [1.165, 1.54) is 0 Å². The third-order valence-electron chi connectivity index (χ3n) is 4.26. The van der Waals surface area contributed by atoms with E-state index in [1.54, 1.807) is 8.61 Å². The molecule has 106 valence electrons. The Morgan fingerprint density at radius 3 is 2.28 bits per heavy atom. The summed E-state index contributed by atoms with van der Waals surface area (Å²) < 4.78 is 28.4. The second-order valence-electron chi connectivity index (χ2n) is 6.02. The highest BCUT2D eigenvalue weighted by Crippen LogP contribution is 2.33. The second kappa shape index (κ2) is 5.07. The summed E-state index contributed by atoms with van der Waals surface area (Å²) in [4.78, 5) is 0. The van der Waals surface area contributed by atoms with E-state index < -0.39 is 10.2 Å². The van der Waals surface area contributed by atoms with Crippen molar-refractivity contribution in [1.82, 2.24) is 8.61 Å². The summed E-state index contributed by atoms with van der Waals surface area (Å²) >= 11 is 0. The van der Waals surface area contributed by atoms with Crippen LogP contribution in [0.25, 0.3) is 0 Å². The Morgan fingerprint density at radius 1 is 1.22 bits per heavy atom. The van der Waals surface area contributed by atoms with Gasteiger partial charge in [0.2, 0.25) is 0 Å². The minimum Gasteiger partial charge on any atom is -0.396 e. The van der Waals surface area contributed by atoms with Gasteiger partial charge in [0, 0.05) is 31.8 Å². The fraction of sp³-hybridized carbons (Fsp3) is 1.00. The summed E-state index contributed by atoms with van der Waals surface area (Å²) in [6.07, 6.45) is 3.41. The lowest BCUT2D eigenvalue weighted by Gasteiger charge is -2.38. The Labute approximate surface area is 110 Å². The Kier molecular flexibility index (Phi) is 4.02. The van der Waals surface area contributed by atoms with Crippen molar-refractivity contribution in [1.29, 1.82) is 0 Å². The predicted molar refractivity (Wildman–Crippen MR) is 70.3 cm³/mol. The molecule has 0 unspecified atom stereocenters. The number of hydrogen-bond acceptors (Lipinski definition) is 3. The first kappa shape index (κ1) is 14.2. The molecule has 0 saturated carbocycles. The molecule has 2 aliphatic rings. The zero-order valence-electron chi connectivity index (χ0n) is 11.3. The fourth-order valence-electron chi connectivity index (χ4n) is 2.97. The maximum absolute atomic E-state index is 12.6. The molecule has 0 atom stereocenters. The summed E-state index contributed by atoms with van der Waals surface area (Å²) in [6, 6.07) is 0. The molecule has 18 heavy (non-hydrogen) atoms. The van der Waals surface area contributed by atoms with Gasteiger partial charge in [-0.15, -0.1) is 0 Å². The van der Waals surface area contributed by atoms with Crippen LogP contribution in [0.3, 0.4) is 0 Å². The molecule has 0 aliphatic carbocycles. The lowest BCUT2D eigenvalue weighted by Crippen LogP contribution is -2.52. The molecule has 0 bridgehead atoms. The van der Waals surface area contributed by atoms with Crippen LogP contribution in [0.1, 0.15) is 39.5 Å².